The van der Waals surface area contributed by atoms with Gasteiger partial charge < -0.3 is 0 Å². The van der Waals surface area contributed by atoms with Crippen molar-refractivity contribution in [3.05, 3.63) is 57.6 Å². The van der Waals surface area contributed by atoms with E-state index in [4.69, 9.17) is 0 Å². The van der Waals surface area contributed by atoms with E-state index in [2.05, 4.69) is 66.2 Å². The molecule has 0 bridgehead atoms. The van der Waals surface area contributed by atoms with Crippen LogP contribution in [0, 0.1) is 6.92 Å². The van der Waals surface area contributed by atoms with E-state index in [0.717, 1.165) is 0 Å². The third kappa shape index (κ3) is 1.21. The summed E-state index contributed by atoms with van der Waals surface area (Å²) in [5.74, 6) is 0.517. The maximum Gasteiger partial charge on any atom is 0.0207 e. The van der Waals surface area contributed by atoms with Gasteiger partial charge in [0.25, 0.3) is 0 Å². The van der Waals surface area contributed by atoms with E-state index in [0.29, 0.717) is 5.92 Å². The molecule has 0 heterocycles. The van der Waals surface area contributed by atoms with Gasteiger partial charge in [0.05, 0.1) is 0 Å². The van der Waals surface area contributed by atoms with Crippen molar-refractivity contribution in [1.29, 1.82) is 0 Å². The smallest absolute Gasteiger partial charge is 0.0207 e. The third-order valence-corrected chi connectivity index (χ3v) is 4.46. The van der Waals surface area contributed by atoms with Crippen LogP contribution in [0.2, 0.25) is 0 Å². The van der Waals surface area contributed by atoms with Gasteiger partial charge in [-0.25, -0.2) is 0 Å². The number of rotatable bonds is 0. The Labute approximate surface area is 104 Å². The van der Waals surface area contributed by atoms with Crippen LogP contribution >= 0.6 is 15.9 Å². The Bertz CT molecular complexity index is 570. The SMILES string of the molecule is Cc1c(Br)ccc2c1C(C)c1ccccc1-2. The molecule has 0 nitrogen and oxygen atoms in total. The molecule has 0 aliphatic heterocycles. The minimum absolute atomic E-state index is 0.517. The van der Waals surface area contributed by atoms with Gasteiger partial charge in [0, 0.05) is 10.4 Å². The average Bonchev–Trinajstić information content (AvgIpc) is 2.59. The van der Waals surface area contributed by atoms with Crippen molar-refractivity contribution in [3.8, 4) is 11.1 Å². The fourth-order valence-corrected chi connectivity index (χ4v) is 3.12. The molecule has 0 spiro atoms. The Morgan fingerprint density at radius 2 is 1.75 bits per heavy atom. The van der Waals surface area contributed by atoms with Crippen LogP contribution in [0.3, 0.4) is 0 Å². The van der Waals surface area contributed by atoms with Gasteiger partial charge in [-0.05, 0) is 40.8 Å². The Kier molecular flexibility index (Phi) is 2.18. The van der Waals surface area contributed by atoms with Crippen LogP contribution in [0.4, 0.5) is 0 Å². The van der Waals surface area contributed by atoms with E-state index < -0.39 is 0 Å². The summed E-state index contributed by atoms with van der Waals surface area (Å²) >= 11 is 3.62. The molecule has 1 unspecified atom stereocenters. The minimum atomic E-state index is 0.517. The molecule has 0 fully saturated rings. The molecule has 0 saturated heterocycles. The summed E-state index contributed by atoms with van der Waals surface area (Å²) in [5.41, 5.74) is 7.12. The summed E-state index contributed by atoms with van der Waals surface area (Å²) in [4.78, 5) is 0. The average molecular weight is 273 g/mol. The molecule has 2 aromatic rings. The van der Waals surface area contributed by atoms with E-state index >= 15 is 0 Å². The van der Waals surface area contributed by atoms with E-state index in [1.165, 1.54) is 32.3 Å². The zero-order valence-electron chi connectivity index (χ0n) is 9.42. The molecule has 0 amide bonds. The number of fused-ring (bicyclic) bond motifs is 3. The van der Waals surface area contributed by atoms with Crippen molar-refractivity contribution in [1.82, 2.24) is 0 Å². The molecule has 0 N–H and O–H groups in total. The lowest BCUT2D eigenvalue weighted by Crippen LogP contribution is -1.93. The first-order chi connectivity index (χ1) is 7.70. The second kappa shape index (κ2) is 3.46. The van der Waals surface area contributed by atoms with Crippen molar-refractivity contribution >= 4 is 15.9 Å². The van der Waals surface area contributed by atoms with Crippen LogP contribution in [-0.2, 0) is 0 Å². The van der Waals surface area contributed by atoms with E-state index in [-0.39, 0.29) is 0 Å². The first kappa shape index (κ1) is 10.1. The summed E-state index contributed by atoms with van der Waals surface area (Å²) in [5, 5.41) is 0. The monoisotopic (exact) mass is 272 g/mol. The van der Waals surface area contributed by atoms with E-state index in [1.807, 2.05) is 0 Å². The van der Waals surface area contributed by atoms with Gasteiger partial charge >= 0.3 is 0 Å². The number of hydrogen-bond acceptors (Lipinski definition) is 0. The first-order valence-corrected chi connectivity index (χ1v) is 6.37. The molecule has 1 aliphatic rings. The summed E-state index contributed by atoms with van der Waals surface area (Å²) in [6, 6.07) is 13.1. The maximum absolute atomic E-state index is 3.62. The molecule has 1 heteroatoms. The van der Waals surface area contributed by atoms with Gasteiger partial charge in [-0.1, -0.05) is 53.2 Å². The van der Waals surface area contributed by atoms with Gasteiger partial charge in [-0.3, -0.25) is 0 Å². The molecule has 0 saturated carbocycles. The van der Waals surface area contributed by atoms with Crippen molar-refractivity contribution < 1.29 is 0 Å². The second-order valence-corrected chi connectivity index (χ2v) is 5.30. The van der Waals surface area contributed by atoms with Gasteiger partial charge in [-0.15, -0.1) is 0 Å². The number of halogens is 1. The Morgan fingerprint density at radius 1 is 1.00 bits per heavy atom. The Hall–Kier alpha value is -1.08. The summed E-state index contributed by atoms with van der Waals surface area (Å²) in [6.45, 7) is 4.50. The molecule has 2 aromatic carbocycles. The van der Waals surface area contributed by atoms with Crippen LogP contribution in [0.1, 0.15) is 29.5 Å². The van der Waals surface area contributed by atoms with Crippen molar-refractivity contribution in [2.24, 2.45) is 0 Å². The number of benzene rings is 2. The highest BCUT2D eigenvalue weighted by Crippen LogP contribution is 2.47. The molecule has 16 heavy (non-hydrogen) atoms. The quantitative estimate of drug-likeness (QED) is 0.641. The Morgan fingerprint density at radius 3 is 2.56 bits per heavy atom. The normalized spacial score (nSPS) is 17.1. The van der Waals surface area contributed by atoms with Crippen LogP contribution in [-0.4, -0.2) is 0 Å². The highest BCUT2D eigenvalue weighted by Gasteiger charge is 2.26. The minimum Gasteiger partial charge on any atom is -0.0619 e. The molecular formula is C15H13Br. The van der Waals surface area contributed by atoms with Crippen LogP contribution < -0.4 is 0 Å². The van der Waals surface area contributed by atoms with Crippen molar-refractivity contribution in [2.75, 3.05) is 0 Å². The van der Waals surface area contributed by atoms with E-state index in [9.17, 15) is 0 Å². The zero-order chi connectivity index (χ0) is 11.3. The summed E-state index contributed by atoms with van der Waals surface area (Å²) in [7, 11) is 0. The van der Waals surface area contributed by atoms with Crippen molar-refractivity contribution in [3.63, 3.8) is 0 Å². The lowest BCUT2D eigenvalue weighted by molar-refractivity contribution is 0.942. The molecule has 1 aliphatic carbocycles. The van der Waals surface area contributed by atoms with Gasteiger partial charge in [-0.2, -0.15) is 0 Å². The van der Waals surface area contributed by atoms with Gasteiger partial charge in [0.2, 0.25) is 0 Å². The molecule has 1 atom stereocenters. The van der Waals surface area contributed by atoms with Crippen LogP contribution in [0.25, 0.3) is 11.1 Å². The highest BCUT2D eigenvalue weighted by molar-refractivity contribution is 9.10. The first-order valence-electron chi connectivity index (χ1n) is 5.58. The van der Waals surface area contributed by atoms with Gasteiger partial charge in [0.1, 0.15) is 0 Å². The maximum atomic E-state index is 3.62. The molecule has 80 valence electrons. The van der Waals surface area contributed by atoms with E-state index in [1.54, 1.807) is 0 Å². The number of hydrogen-bond donors (Lipinski definition) is 0. The predicted octanol–water partition coefficient (Wildman–Crippen LogP) is 4.89. The predicted molar refractivity (Wildman–Crippen MR) is 71.8 cm³/mol. The largest absolute Gasteiger partial charge is 0.0619 e. The van der Waals surface area contributed by atoms with Gasteiger partial charge in [0.15, 0.2) is 0 Å². The second-order valence-electron chi connectivity index (χ2n) is 4.44. The van der Waals surface area contributed by atoms with Crippen LogP contribution in [0.5, 0.6) is 0 Å². The van der Waals surface area contributed by atoms with Crippen LogP contribution in [0.15, 0.2) is 40.9 Å². The Balaban J connectivity index is 2.37. The molecule has 3 rings (SSSR count). The molecular weight excluding hydrogens is 260 g/mol. The standard InChI is InChI=1S/C15H13Br/c1-9-11-5-3-4-6-12(11)13-7-8-14(16)10(2)15(9)13/h3-9H,1-2H3. The lowest BCUT2D eigenvalue weighted by atomic mass is 9.95. The molecule has 0 aromatic heterocycles. The molecule has 0 radical (unpaired) electrons. The summed E-state index contributed by atoms with van der Waals surface area (Å²) < 4.78 is 1.21. The van der Waals surface area contributed by atoms with Crippen molar-refractivity contribution in [2.45, 2.75) is 19.8 Å². The zero-order valence-corrected chi connectivity index (χ0v) is 11.0. The lowest BCUT2D eigenvalue weighted by Gasteiger charge is -2.11. The topological polar surface area (TPSA) is 0 Å². The summed E-state index contributed by atoms with van der Waals surface area (Å²) in [6.07, 6.45) is 0. The fraction of sp³-hybridized carbons (Fsp3) is 0.200. The third-order valence-electron chi connectivity index (χ3n) is 3.60. The highest BCUT2D eigenvalue weighted by atomic mass is 79.9. The fourth-order valence-electron chi connectivity index (χ4n) is 2.77.